The Kier molecular flexibility index (Phi) is 6.05. The quantitative estimate of drug-likeness (QED) is 0.833. The molecule has 0 radical (unpaired) electrons. The highest BCUT2D eigenvalue weighted by Gasteiger charge is 2.23. The highest BCUT2D eigenvalue weighted by Crippen LogP contribution is 2.31. The van der Waals surface area contributed by atoms with Crippen molar-refractivity contribution in [3.8, 4) is 5.69 Å². The molecular weight excluding hydrogens is 346 g/mol. The highest BCUT2D eigenvalue weighted by molar-refractivity contribution is 5.94. The first kappa shape index (κ1) is 19.3. The van der Waals surface area contributed by atoms with Gasteiger partial charge in [0.25, 0.3) is 11.5 Å². The zero-order valence-corrected chi connectivity index (χ0v) is 16.1. The first-order valence-corrected chi connectivity index (χ1v) is 9.42. The number of methoxy groups -OCH3 is 1. The fourth-order valence-electron chi connectivity index (χ4n) is 3.56. The van der Waals surface area contributed by atoms with Gasteiger partial charge in [0, 0.05) is 26.1 Å². The number of hydrogen-bond donors (Lipinski definition) is 1. The van der Waals surface area contributed by atoms with Crippen molar-refractivity contribution >= 4 is 5.91 Å². The van der Waals surface area contributed by atoms with E-state index in [-0.39, 0.29) is 17.5 Å². The van der Waals surface area contributed by atoms with Gasteiger partial charge in [-0.15, -0.1) is 0 Å². The van der Waals surface area contributed by atoms with Crippen LogP contribution >= 0.6 is 0 Å². The summed E-state index contributed by atoms with van der Waals surface area (Å²) in [5.74, 6) is -0.133. The van der Waals surface area contributed by atoms with Crippen molar-refractivity contribution in [3.05, 3.63) is 40.1 Å². The van der Waals surface area contributed by atoms with Crippen LogP contribution in [0.5, 0.6) is 0 Å². The first-order valence-electron chi connectivity index (χ1n) is 9.42. The molecule has 146 valence electrons. The number of nitrogens with zero attached hydrogens (tertiary/aromatic N) is 4. The summed E-state index contributed by atoms with van der Waals surface area (Å²) in [6.07, 6.45) is 8.86. The summed E-state index contributed by atoms with van der Waals surface area (Å²) in [4.78, 5) is 25.7. The van der Waals surface area contributed by atoms with E-state index in [0.717, 1.165) is 31.4 Å². The summed E-state index contributed by atoms with van der Waals surface area (Å²) in [5.41, 5.74) is 1.02. The average Bonchev–Trinajstić information content (AvgIpc) is 3.09. The molecule has 0 saturated heterocycles. The Bertz CT molecular complexity index is 851. The van der Waals surface area contributed by atoms with E-state index in [1.54, 1.807) is 37.3 Å². The van der Waals surface area contributed by atoms with Crippen LogP contribution in [0, 0.1) is 0 Å². The van der Waals surface area contributed by atoms with Crippen LogP contribution in [-0.4, -0.2) is 45.2 Å². The van der Waals surface area contributed by atoms with Crippen molar-refractivity contribution in [2.24, 2.45) is 7.05 Å². The molecule has 1 N–H and O–H groups in total. The maximum atomic E-state index is 13.0. The van der Waals surface area contributed by atoms with Crippen LogP contribution in [0.3, 0.4) is 0 Å². The zero-order chi connectivity index (χ0) is 19.4. The number of hydrogen-bond acceptors (Lipinski definition) is 5. The van der Waals surface area contributed by atoms with Crippen molar-refractivity contribution in [2.75, 3.05) is 13.7 Å². The van der Waals surface area contributed by atoms with Crippen molar-refractivity contribution in [3.63, 3.8) is 0 Å². The summed E-state index contributed by atoms with van der Waals surface area (Å²) in [6, 6.07) is 1.47. The molecule has 0 aliphatic heterocycles. The summed E-state index contributed by atoms with van der Waals surface area (Å²) in [5, 5.41) is 11.5. The van der Waals surface area contributed by atoms with Gasteiger partial charge in [-0.3, -0.25) is 14.3 Å². The van der Waals surface area contributed by atoms with Gasteiger partial charge in [-0.2, -0.15) is 14.9 Å². The van der Waals surface area contributed by atoms with Crippen LogP contribution in [-0.2, 0) is 11.8 Å². The van der Waals surface area contributed by atoms with Crippen molar-refractivity contribution in [2.45, 2.75) is 51.0 Å². The minimum absolute atomic E-state index is 0.109. The molecule has 3 rings (SSSR count). The molecule has 1 amide bonds. The van der Waals surface area contributed by atoms with Crippen LogP contribution in [0.15, 0.2) is 23.3 Å². The second kappa shape index (κ2) is 8.47. The Balaban J connectivity index is 2.02. The minimum Gasteiger partial charge on any atom is -0.383 e. The van der Waals surface area contributed by atoms with E-state index in [0.29, 0.717) is 12.3 Å². The summed E-state index contributed by atoms with van der Waals surface area (Å²) in [6.45, 7) is 2.22. The third-order valence-electron chi connectivity index (χ3n) is 4.93. The predicted molar refractivity (Wildman–Crippen MR) is 101 cm³/mol. The molecule has 0 spiro atoms. The molecule has 1 atom stereocenters. The number of carbonyl (C=O) groups excluding carboxylic acids is 1. The molecule has 0 bridgehead atoms. The molecular formula is C19H27N5O3. The average molecular weight is 373 g/mol. The number of ether oxygens (including phenoxy) is 1. The SMILES string of the molecule is COC[C@H](C)NC(=O)c1cc(C2CCCCC2)nn(-c2cnn(C)c2)c1=O. The lowest BCUT2D eigenvalue weighted by atomic mass is 9.86. The van der Waals surface area contributed by atoms with Crippen LogP contribution in [0.1, 0.15) is 61.0 Å². The Morgan fingerprint density at radius 1 is 1.37 bits per heavy atom. The highest BCUT2D eigenvalue weighted by atomic mass is 16.5. The van der Waals surface area contributed by atoms with Crippen molar-refractivity contribution < 1.29 is 9.53 Å². The topological polar surface area (TPSA) is 91.0 Å². The lowest BCUT2D eigenvalue weighted by Crippen LogP contribution is -2.40. The molecule has 0 aromatic carbocycles. The van der Waals surface area contributed by atoms with Crippen LogP contribution in [0.2, 0.25) is 0 Å². The van der Waals surface area contributed by atoms with Crippen LogP contribution < -0.4 is 10.9 Å². The third kappa shape index (κ3) is 4.44. The fraction of sp³-hybridized carbons (Fsp3) is 0.579. The molecule has 2 aromatic heterocycles. The van der Waals surface area contributed by atoms with Gasteiger partial charge in [0.1, 0.15) is 11.3 Å². The molecule has 1 saturated carbocycles. The van der Waals surface area contributed by atoms with E-state index < -0.39 is 11.5 Å². The van der Waals surface area contributed by atoms with Gasteiger partial charge in [0.15, 0.2) is 0 Å². The molecule has 0 unspecified atom stereocenters. The molecule has 2 aromatic rings. The molecule has 1 aliphatic rings. The van der Waals surface area contributed by atoms with E-state index in [4.69, 9.17) is 4.74 Å². The molecule has 8 nitrogen and oxygen atoms in total. The summed E-state index contributed by atoms with van der Waals surface area (Å²) < 4.78 is 7.97. The normalized spacial score (nSPS) is 16.3. The second-order valence-electron chi connectivity index (χ2n) is 7.24. The monoisotopic (exact) mass is 373 g/mol. The van der Waals surface area contributed by atoms with Gasteiger partial charge in [0.2, 0.25) is 0 Å². The third-order valence-corrected chi connectivity index (χ3v) is 4.93. The largest absolute Gasteiger partial charge is 0.383 e. The van der Waals surface area contributed by atoms with E-state index >= 15 is 0 Å². The number of amides is 1. The smallest absolute Gasteiger partial charge is 0.284 e. The molecule has 27 heavy (non-hydrogen) atoms. The van der Waals surface area contributed by atoms with E-state index in [1.165, 1.54) is 11.1 Å². The standard InChI is InChI=1S/C19H27N5O3/c1-13(12-27-3)21-18(25)16-9-17(14-7-5-4-6-8-14)22-24(19(16)26)15-10-20-23(2)11-15/h9-11,13-14H,4-8,12H2,1-3H3,(H,21,25)/t13-/m0/s1. The van der Waals surface area contributed by atoms with Gasteiger partial charge in [-0.25, -0.2) is 0 Å². The lowest BCUT2D eigenvalue weighted by molar-refractivity contribution is 0.0903. The maximum Gasteiger partial charge on any atom is 0.284 e. The van der Waals surface area contributed by atoms with Crippen LogP contribution in [0.4, 0.5) is 0 Å². The number of aromatic nitrogens is 4. The van der Waals surface area contributed by atoms with Gasteiger partial charge in [-0.1, -0.05) is 19.3 Å². The van der Waals surface area contributed by atoms with Crippen molar-refractivity contribution in [1.29, 1.82) is 0 Å². The second-order valence-corrected chi connectivity index (χ2v) is 7.24. The number of nitrogens with one attached hydrogen (secondary N) is 1. The van der Waals surface area contributed by atoms with Gasteiger partial charge in [-0.05, 0) is 25.8 Å². The summed E-state index contributed by atoms with van der Waals surface area (Å²) >= 11 is 0. The zero-order valence-electron chi connectivity index (χ0n) is 16.1. The number of carbonyl (C=O) groups is 1. The Hall–Kier alpha value is -2.48. The van der Waals surface area contributed by atoms with Gasteiger partial charge in [0.05, 0.1) is 24.7 Å². The minimum atomic E-state index is -0.440. The number of rotatable bonds is 6. The Labute approximate surface area is 158 Å². The fourth-order valence-corrected chi connectivity index (χ4v) is 3.56. The van der Waals surface area contributed by atoms with E-state index in [9.17, 15) is 9.59 Å². The van der Waals surface area contributed by atoms with Gasteiger partial charge >= 0.3 is 0 Å². The molecule has 8 heteroatoms. The molecule has 2 heterocycles. The molecule has 1 fully saturated rings. The van der Waals surface area contributed by atoms with Crippen molar-refractivity contribution in [1.82, 2.24) is 24.9 Å². The first-order chi connectivity index (χ1) is 13.0. The Morgan fingerprint density at radius 3 is 2.74 bits per heavy atom. The maximum absolute atomic E-state index is 13.0. The Morgan fingerprint density at radius 2 is 2.11 bits per heavy atom. The van der Waals surface area contributed by atoms with Gasteiger partial charge < -0.3 is 10.1 Å². The summed E-state index contributed by atoms with van der Waals surface area (Å²) in [7, 11) is 3.35. The van der Waals surface area contributed by atoms with E-state index in [2.05, 4.69) is 15.5 Å². The lowest BCUT2D eigenvalue weighted by Gasteiger charge is -2.22. The number of aryl methyl sites for hydroxylation is 1. The van der Waals surface area contributed by atoms with Crippen LogP contribution in [0.25, 0.3) is 5.69 Å². The molecule has 1 aliphatic carbocycles. The predicted octanol–water partition coefficient (Wildman–Crippen LogP) is 1.78. The van der Waals surface area contributed by atoms with E-state index in [1.807, 2.05) is 6.92 Å².